The highest BCUT2D eigenvalue weighted by atomic mass is 14.7. The first kappa shape index (κ1) is 16.4. The second kappa shape index (κ2) is 5.48. The Hall–Kier alpha value is -1.03. The number of hydrogen-bond donors (Lipinski definition) is 0. The number of allylic oxidation sites excluding steroid dienone is 4. The Balaban J connectivity index is 1.69. The first-order chi connectivity index (χ1) is 11.4. The molecule has 0 spiro atoms. The minimum atomic E-state index is 0.329. The second-order valence-electron chi connectivity index (χ2n) is 9.71. The van der Waals surface area contributed by atoms with Crippen molar-refractivity contribution in [2.24, 2.45) is 34.5 Å². The summed E-state index contributed by atoms with van der Waals surface area (Å²) in [5.41, 5.74) is 5.14. The summed E-state index contributed by atoms with van der Waals surface area (Å²) in [6, 6.07) is 0. The van der Waals surface area contributed by atoms with Gasteiger partial charge in [0, 0.05) is 0 Å². The summed E-state index contributed by atoms with van der Waals surface area (Å²) in [6.45, 7) is 17.0. The third-order valence-corrected chi connectivity index (χ3v) is 8.73. The van der Waals surface area contributed by atoms with E-state index in [1.54, 1.807) is 5.57 Å². The molecule has 6 atom stereocenters. The van der Waals surface area contributed by atoms with Crippen molar-refractivity contribution in [2.45, 2.75) is 79.1 Å². The van der Waals surface area contributed by atoms with Gasteiger partial charge in [0.05, 0.1) is 6.57 Å². The number of fused-ring (bicyclic) bond motifs is 5. The van der Waals surface area contributed by atoms with Crippen LogP contribution in [-0.4, -0.2) is 0 Å². The van der Waals surface area contributed by atoms with Gasteiger partial charge in [-0.15, -0.1) is 0 Å². The summed E-state index contributed by atoms with van der Waals surface area (Å²) in [5.74, 6) is 3.42. The topological polar surface area (TPSA) is 4.36 Å². The number of nitrogens with zero attached hydrogens (tertiary/aromatic N) is 1. The first-order valence-corrected chi connectivity index (χ1v) is 10.2. The molecule has 0 aromatic carbocycles. The van der Waals surface area contributed by atoms with Crippen LogP contribution in [0.5, 0.6) is 0 Å². The molecule has 3 fully saturated rings. The molecule has 0 unspecified atom stereocenters. The van der Waals surface area contributed by atoms with E-state index in [9.17, 15) is 0 Å². The third kappa shape index (κ3) is 2.11. The monoisotopic (exact) mass is 323 g/mol. The summed E-state index contributed by atoms with van der Waals surface area (Å²) in [4.78, 5) is 3.82. The van der Waals surface area contributed by atoms with Gasteiger partial charge in [-0.2, -0.15) is 0 Å². The fraction of sp³-hybridized carbons (Fsp3) is 0.783. The van der Waals surface area contributed by atoms with Crippen molar-refractivity contribution in [2.75, 3.05) is 0 Å². The fourth-order valence-electron chi connectivity index (χ4n) is 7.38. The van der Waals surface area contributed by atoms with Gasteiger partial charge in [0.15, 0.2) is 5.70 Å². The molecule has 4 rings (SSSR count). The molecule has 0 bridgehead atoms. The van der Waals surface area contributed by atoms with Gasteiger partial charge in [0.25, 0.3) is 0 Å². The van der Waals surface area contributed by atoms with E-state index < -0.39 is 0 Å². The van der Waals surface area contributed by atoms with Crippen molar-refractivity contribution in [3.8, 4) is 0 Å². The molecule has 0 radical (unpaired) electrons. The maximum atomic E-state index is 7.48. The minimum Gasteiger partial charge on any atom is -0.243 e. The van der Waals surface area contributed by atoms with Crippen molar-refractivity contribution in [3.05, 3.63) is 34.3 Å². The zero-order chi connectivity index (χ0) is 17.1. The minimum absolute atomic E-state index is 0.329. The lowest BCUT2D eigenvalue weighted by atomic mass is 9.47. The number of rotatable bonds is 0. The van der Waals surface area contributed by atoms with Crippen LogP contribution in [0.2, 0.25) is 0 Å². The maximum absolute atomic E-state index is 7.48. The lowest BCUT2D eigenvalue weighted by molar-refractivity contribution is -0.0274. The Labute approximate surface area is 148 Å². The van der Waals surface area contributed by atoms with E-state index in [1.165, 1.54) is 56.9 Å². The molecule has 3 saturated carbocycles. The third-order valence-electron chi connectivity index (χ3n) is 8.73. The van der Waals surface area contributed by atoms with Gasteiger partial charge in [0.2, 0.25) is 0 Å². The average Bonchev–Trinajstić information content (AvgIpc) is 2.92. The molecule has 0 aliphatic heterocycles. The first-order valence-electron chi connectivity index (χ1n) is 10.2. The molecule has 130 valence electrons. The standard InChI is InChI=1S/C23H33N/c1-15-10-12-22(3)17(14-15)6-7-18-20-9-8-19(16(2)24-5)23(20,4)13-11-21(18)22/h14-15,18,20-21H,6-13H2,1-4H3/b19-16-/t15-,18-,20-,21-,22-,23+/m0/s1. The highest BCUT2D eigenvalue weighted by Gasteiger charge is 2.57. The molecule has 0 aromatic rings. The summed E-state index contributed by atoms with van der Waals surface area (Å²) >= 11 is 0. The van der Waals surface area contributed by atoms with Crippen molar-refractivity contribution in [1.82, 2.24) is 0 Å². The predicted octanol–water partition coefficient (Wildman–Crippen LogP) is 6.78. The molecular formula is C23H33N. The molecule has 0 N–H and O–H groups in total. The molecule has 1 nitrogen and oxygen atoms in total. The van der Waals surface area contributed by atoms with Crippen LogP contribution in [0, 0.1) is 41.1 Å². The van der Waals surface area contributed by atoms with Crippen LogP contribution in [0.15, 0.2) is 22.9 Å². The molecule has 4 aliphatic rings. The smallest absolute Gasteiger partial charge is 0.162 e. The van der Waals surface area contributed by atoms with E-state index in [0.29, 0.717) is 10.8 Å². The van der Waals surface area contributed by atoms with E-state index in [4.69, 9.17) is 6.57 Å². The van der Waals surface area contributed by atoms with Gasteiger partial charge in [-0.1, -0.05) is 38.0 Å². The Morgan fingerprint density at radius 1 is 1.04 bits per heavy atom. The van der Waals surface area contributed by atoms with Gasteiger partial charge in [-0.25, -0.2) is 4.85 Å². The van der Waals surface area contributed by atoms with Gasteiger partial charge < -0.3 is 0 Å². The normalized spacial score (nSPS) is 49.4. The summed E-state index contributed by atoms with van der Waals surface area (Å²) in [5, 5.41) is 0. The molecular weight excluding hydrogens is 290 g/mol. The number of hydrogen-bond acceptors (Lipinski definition) is 0. The molecule has 0 heterocycles. The largest absolute Gasteiger partial charge is 0.243 e. The maximum Gasteiger partial charge on any atom is 0.162 e. The lowest BCUT2D eigenvalue weighted by Gasteiger charge is -2.58. The summed E-state index contributed by atoms with van der Waals surface area (Å²) in [6.07, 6.45) is 13.4. The summed E-state index contributed by atoms with van der Waals surface area (Å²) in [7, 11) is 0. The Kier molecular flexibility index (Phi) is 3.76. The van der Waals surface area contributed by atoms with Crippen LogP contribution in [0.1, 0.15) is 79.1 Å². The van der Waals surface area contributed by atoms with Crippen LogP contribution in [0.3, 0.4) is 0 Å². The van der Waals surface area contributed by atoms with E-state index >= 15 is 0 Å². The van der Waals surface area contributed by atoms with Gasteiger partial charge >= 0.3 is 0 Å². The summed E-state index contributed by atoms with van der Waals surface area (Å²) < 4.78 is 0. The lowest BCUT2D eigenvalue weighted by Crippen LogP contribution is -2.49. The molecule has 0 amide bonds. The highest BCUT2D eigenvalue weighted by Crippen LogP contribution is 2.67. The Morgan fingerprint density at radius 2 is 1.75 bits per heavy atom. The quantitative estimate of drug-likeness (QED) is 0.342. The molecule has 0 saturated heterocycles. The van der Waals surface area contributed by atoms with Crippen LogP contribution in [-0.2, 0) is 0 Å². The van der Waals surface area contributed by atoms with Crippen molar-refractivity contribution in [3.63, 3.8) is 0 Å². The molecule has 1 heteroatoms. The van der Waals surface area contributed by atoms with Gasteiger partial charge in [-0.05, 0) is 92.8 Å². The molecule has 24 heavy (non-hydrogen) atoms. The van der Waals surface area contributed by atoms with Crippen LogP contribution in [0.25, 0.3) is 4.85 Å². The fourth-order valence-corrected chi connectivity index (χ4v) is 7.38. The van der Waals surface area contributed by atoms with E-state index in [0.717, 1.165) is 29.4 Å². The predicted molar refractivity (Wildman–Crippen MR) is 100 cm³/mol. The Bertz CT molecular complexity index is 647. The van der Waals surface area contributed by atoms with Crippen LogP contribution in [0.4, 0.5) is 0 Å². The van der Waals surface area contributed by atoms with Gasteiger partial charge in [-0.3, -0.25) is 0 Å². The van der Waals surface area contributed by atoms with Gasteiger partial charge in [0.1, 0.15) is 0 Å². The van der Waals surface area contributed by atoms with E-state index in [-0.39, 0.29) is 0 Å². The molecule has 0 aromatic heterocycles. The average molecular weight is 324 g/mol. The molecule has 4 aliphatic carbocycles. The second-order valence-corrected chi connectivity index (χ2v) is 9.71. The van der Waals surface area contributed by atoms with Crippen molar-refractivity contribution >= 4 is 0 Å². The zero-order valence-electron chi connectivity index (χ0n) is 16.0. The Morgan fingerprint density at radius 3 is 2.50 bits per heavy atom. The van der Waals surface area contributed by atoms with Crippen LogP contribution < -0.4 is 0 Å². The SMILES string of the molecule is [C-]#[N+]/C(C)=C1/CC[C@H]2[C@@H]3CCC4=C[C@@H](C)CC[C@]4(C)[C@H]3CC[C@]12C. The van der Waals surface area contributed by atoms with E-state index in [1.807, 2.05) is 0 Å². The van der Waals surface area contributed by atoms with Crippen LogP contribution >= 0.6 is 0 Å². The zero-order valence-corrected chi connectivity index (χ0v) is 16.0. The van der Waals surface area contributed by atoms with Crippen molar-refractivity contribution < 1.29 is 0 Å². The van der Waals surface area contributed by atoms with E-state index in [2.05, 4.69) is 38.6 Å². The van der Waals surface area contributed by atoms with Crippen molar-refractivity contribution in [1.29, 1.82) is 0 Å². The highest BCUT2D eigenvalue weighted by molar-refractivity contribution is 5.32.